The van der Waals surface area contributed by atoms with E-state index in [1.165, 1.54) is 84.2 Å². The van der Waals surface area contributed by atoms with Crippen LogP contribution in [-0.2, 0) is 39.5 Å². The Labute approximate surface area is 842 Å². The van der Waals surface area contributed by atoms with Crippen LogP contribution in [0, 0.1) is 0 Å². The largest absolute Gasteiger partial charge is 0.477 e. The number of nitrogens with two attached hydrogens (primary N) is 4. The Kier molecular flexibility index (Phi) is 40.6. The molecule has 3 amide bonds. The molecule has 5 aliphatic carbocycles. The third kappa shape index (κ3) is 33.7. The van der Waals surface area contributed by atoms with Crippen LogP contribution in [0.25, 0.3) is 0 Å². The highest BCUT2D eigenvalue weighted by molar-refractivity contribution is 7.99. The number of nitrogens with zero attached hydrogens (tertiary/aromatic N) is 18. The standard InChI is InChI=1S/2C20H27N7O3S.C12H19N3O2S.C11H15N3O2S.C9H12N4OS.C9H11N3O2S.C8H9ClN2O2S/c2*1-2-31(29,30)27-11-9-26(10-12-27)16-7-5-15(6-8-16)24-20-22-13-17(18(21)28)19(25-20)23-14-3-4-14;1-2-18(16,17)15-9-7-14(8-10-15)12-5-3-11(13)4-6-12;1-3-16-10(15)8-6-12-11(17-2)14-9(8)13-7-4-5-7;1-15-9-11-4-6(7(10)14)8(13-9)12-5-2-3-5;1-15-9-10-4-6(8(13)14)7(12-9)11-5-2-3-5;1-3-13-7(12)5-4-10-8(14-2)11-6(5)9/h2*5-8,13-14H,2-4,9-12H2,1H3,(H2,21,28)(H2,22,23,24,25);3-6H,2,7-10,13H2,1H3;6-7H,3-5H2,1-2H3,(H,12,13,14);4-5H,2-3H2,1H3,(H2,10,14)(H,11,12,13);4-5H,2-3H2,1H3,(H,13,14)(H,10,11,12);4H,3H2,1-2H3. The van der Waals surface area contributed by atoms with Crippen molar-refractivity contribution < 1.29 is 68.6 Å². The molecule has 0 bridgehead atoms. The Bertz CT molecular complexity index is 5880. The van der Waals surface area contributed by atoms with Crippen LogP contribution in [0.3, 0.4) is 0 Å². The van der Waals surface area contributed by atoms with Gasteiger partial charge in [0.2, 0.25) is 42.0 Å². The molecule has 8 aliphatic rings. The van der Waals surface area contributed by atoms with Gasteiger partial charge in [0, 0.05) is 180 Å². The van der Waals surface area contributed by atoms with E-state index in [-0.39, 0.29) is 50.6 Å². The molecule has 3 aromatic carbocycles. The Hall–Kier alpha value is -11.8. The molecule has 5 saturated carbocycles. The van der Waals surface area contributed by atoms with E-state index in [4.69, 9.17) is 49.1 Å². The van der Waals surface area contributed by atoms with Crippen LogP contribution in [0.1, 0.15) is 161 Å². The van der Waals surface area contributed by atoms with Crippen molar-refractivity contribution in [3.8, 4) is 0 Å². The molecule has 0 atom stereocenters. The number of thioether (sulfide) groups is 4. The summed E-state index contributed by atoms with van der Waals surface area (Å²) in [4.78, 5) is 125. The molecule has 9 heterocycles. The first-order valence-electron chi connectivity index (χ1n) is 45.7. The summed E-state index contributed by atoms with van der Waals surface area (Å²) in [6.07, 6.45) is 26.9. The average Bonchev–Trinajstić information content (AvgIpc) is 1.76. The van der Waals surface area contributed by atoms with E-state index < -0.39 is 59.7 Å². The molecule has 16 N–H and O–H groups in total. The zero-order chi connectivity index (χ0) is 102. The second kappa shape index (κ2) is 52.3. The van der Waals surface area contributed by atoms with Crippen molar-refractivity contribution in [2.24, 2.45) is 17.2 Å². The van der Waals surface area contributed by atoms with Gasteiger partial charge < -0.3 is 89.4 Å². The minimum atomic E-state index is -3.14. The van der Waals surface area contributed by atoms with Gasteiger partial charge in [0.1, 0.15) is 50.9 Å². The lowest BCUT2D eigenvalue weighted by molar-refractivity contribution is 0.0516. The minimum absolute atomic E-state index is 0.128. The van der Waals surface area contributed by atoms with Gasteiger partial charge in [-0.25, -0.2) is 89.5 Å². The summed E-state index contributed by atoms with van der Waals surface area (Å²) in [5, 5.41) is 33.7. The molecule has 6 aromatic heterocycles. The SMILES string of the molecule is CCOC(=O)c1cnc(SC)nc1Cl.CCOC(=O)c1cnc(SC)nc1NC1CC1.CCS(=O)(=O)N1CCN(c2ccc(N)cc2)CC1.CCS(=O)(=O)N1CCN(c2ccc(Nc3ncc(C(N)=O)c(NC4CC4)n3)cc2)CC1.CCS(=O)(=O)N1CCN(c2ccc(Nc3ncc(C(N)=O)c(NC4CC4)n3)cc2)CC1.CSc1ncc(C(=O)O)c(NC2CC2)n1.CSc1ncc(C(N)=O)c(NC2CC2)n1. The fourth-order valence-electron chi connectivity index (χ4n) is 13.5. The topological polar surface area (TPSA) is 606 Å². The predicted molar refractivity (Wildman–Crippen MR) is 552 cm³/mol. The maximum atomic E-state index is 12.0. The number of halogens is 1. The first-order chi connectivity index (χ1) is 67.6. The van der Waals surface area contributed by atoms with Crippen molar-refractivity contribution in [1.29, 1.82) is 0 Å². The number of aromatic nitrogens is 12. The number of esters is 2. The molecular weight excluding hydrogens is 1980 g/mol. The van der Waals surface area contributed by atoms with Gasteiger partial charge in [0.15, 0.2) is 20.6 Å². The van der Waals surface area contributed by atoms with Crippen LogP contribution < -0.4 is 74.9 Å². The predicted octanol–water partition coefficient (Wildman–Crippen LogP) is 9.79. The molecule has 3 saturated heterocycles. The van der Waals surface area contributed by atoms with Gasteiger partial charge in [-0.1, -0.05) is 58.6 Å². The van der Waals surface area contributed by atoms with E-state index in [9.17, 15) is 54.0 Å². The van der Waals surface area contributed by atoms with Gasteiger partial charge in [0.25, 0.3) is 17.7 Å². The smallest absolute Gasteiger partial charge is 0.343 e. The van der Waals surface area contributed by atoms with Crippen LogP contribution >= 0.6 is 58.6 Å². The van der Waals surface area contributed by atoms with Gasteiger partial charge in [-0.3, -0.25) is 14.4 Å². The molecule has 52 heteroatoms. The van der Waals surface area contributed by atoms with E-state index in [0.717, 1.165) is 111 Å². The third-order valence-corrected chi connectivity index (χ3v) is 30.3. The van der Waals surface area contributed by atoms with Crippen molar-refractivity contribution >= 4 is 199 Å². The molecule has 0 spiro atoms. The molecule has 0 unspecified atom stereocenters. The summed E-state index contributed by atoms with van der Waals surface area (Å²) in [5.41, 5.74) is 28.9. The number of carboxylic acids is 1. The number of benzene rings is 3. The highest BCUT2D eigenvalue weighted by Gasteiger charge is 2.33. The number of anilines is 13. The number of hydrogen-bond donors (Lipinski definition) is 12. The summed E-state index contributed by atoms with van der Waals surface area (Å²) >= 11 is 11.4. The molecule has 3 aliphatic heterocycles. The highest BCUT2D eigenvalue weighted by atomic mass is 35.5. The van der Waals surface area contributed by atoms with Crippen LogP contribution in [0.4, 0.5) is 75.1 Å². The van der Waals surface area contributed by atoms with Gasteiger partial charge in [-0.2, -0.15) is 22.9 Å². The molecule has 8 fully saturated rings. The number of primary amides is 3. The summed E-state index contributed by atoms with van der Waals surface area (Å²) in [6.45, 7) is 16.3. The molecule has 760 valence electrons. The molecule has 0 radical (unpaired) electrons. The second-order valence-corrected chi connectivity index (χ2v) is 42.8. The van der Waals surface area contributed by atoms with E-state index >= 15 is 0 Å². The lowest BCUT2D eigenvalue weighted by Gasteiger charge is -2.35. The first-order valence-corrected chi connectivity index (χ1v) is 55.8. The lowest BCUT2D eigenvalue weighted by Crippen LogP contribution is -2.49. The summed E-state index contributed by atoms with van der Waals surface area (Å²) in [6, 6.07) is 25.2. The number of aromatic carboxylic acids is 1. The molecule has 141 heavy (non-hydrogen) atoms. The first kappa shape index (κ1) is 110. The monoisotopic (exact) mass is 2090 g/mol. The summed E-state index contributed by atoms with van der Waals surface area (Å²) in [7, 11) is -9.32. The van der Waals surface area contributed by atoms with E-state index in [2.05, 4.69) is 112 Å². The number of nitrogens with one attached hydrogen (secondary N) is 7. The molecule has 17 rings (SSSR count). The highest BCUT2D eigenvalue weighted by Crippen LogP contribution is 2.34. The van der Waals surface area contributed by atoms with E-state index in [1.54, 1.807) is 47.5 Å². The number of carbonyl (C=O) groups is 6. The maximum absolute atomic E-state index is 12.0. The Morgan fingerprint density at radius 2 is 0.624 bits per heavy atom. The lowest BCUT2D eigenvalue weighted by atomic mass is 10.2. The van der Waals surface area contributed by atoms with Crippen LogP contribution in [0.2, 0.25) is 5.15 Å². The van der Waals surface area contributed by atoms with Gasteiger partial charge in [-0.05, 0) is 197 Å². The van der Waals surface area contributed by atoms with Crippen molar-refractivity contribution in [3.05, 3.63) is 149 Å². The van der Waals surface area contributed by atoms with E-state index in [0.29, 0.717) is 182 Å². The van der Waals surface area contributed by atoms with Crippen molar-refractivity contribution in [2.45, 2.75) is 150 Å². The quantitative estimate of drug-likeness (QED) is 0.00577. The van der Waals surface area contributed by atoms with Gasteiger partial charge in [-0.15, -0.1) is 0 Å². The van der Waals surface area contributed by atoms with Crippen LogP contribution in [0.15, 0.2) is 131 Å². The Morgan fingerprint density at radius 3 is 0.901 bits per heavy atom. The third-order valence-electron chi connectivity index (χ3n) is 22.2. The van der Waals surface area contributed by atoms with Crippen molar-refractivity contribution in [1.82, 2.24) is 72.7 Å². The number of nitrogen functional groups attached to an aromatic ring is 1. The van der Waals surface area contributed by atoms with Crippen molar-refractivity contribution in [3.63, 3.8) is 0 Å². The van der Waals surface area contributed by atoms with Crippen molar-refractivity contribution in [2.75, 3.05) is 192 Å². The fourth-order valence-corrected chi connectivity index (χ4v) is 18.3. The summed E-state index contributed by atoms with van der Waals surface area (Å²) < 4.78 is 86.0. The molecular formula is C89H120ClN29O15S7. The zero-order valence-corrected chi connectivity index (χ0v) is 86.1. The number of sulfonamides is 3. The number of carboxylic acid groups (broad SMARTS) is 1. The normalized spacial score (nSPS) is 15.9. The Morgan fingerprint density at radius 1 is 0.369 bits per heavy atom. The zero-order valence-electron chi connectivity index (χ0n) is 79.6. The number of rotatable bonds is 35. The number of piperazine rings is 3. The molecule has 9 aromatic rings. The Balaban J connectivity index is 0.000000161. The average molecular weight is 2100 g/mol. The van der Waals surface area contributed by atoms with E-state index in [1.807, 2.05) is 97.8 Å². The van der Waals surface area contributed by atoms with Gasteiger partial charge in [0.05, 0.1) is 47.2 Å². The van der Waals surface area contributed by atoms with Gasteiger partial charge >= 0.3 is 17.9 Å². The fraction of sp³-hybridized carbons (Fsp3) is 0.461. The van der Waals surface area contributed by atoms with Crippen LogP contribution in [-0.4, -0.2) is 303 Å². The second-order valence-electron chi connectivity index (χ2n) is 32.6. The number of ether oxygens (including phenoxy) is 2. The summed E-state index contributed by atoms with van der Waals surface area (Å²) in [5.74, 6) is 0.184. The minimum Gasteiger partial charge on any atom is -0.477 e. The number of hydrogen-bond acceptors (Lipinski definition) is 41. The number of carbonyl (C=O) groups excluding carboxylic acids is 5. The van der Waals surface area contributed by atoms with Crippen LogP contribution in [0.5, 0.6) is 0 Å². The molecule has 44 nitrogen and oxygen atoms in total. The maximum Gasteiger partial charge on any atom is 0.343 e. The number of amides is 3.